The van der Waals surface area contributed by atoms with Crippen molar-refractivity contribution in [2.45, 2.75) is 27.3 Å². The van der Waals surface area contributed by atoms with Crippen molar-refractivity contribution in [2.75, 3.05) is 4.90 Å². The van der Waals surface area contributed by atoms with Gasteiger partial charge in [0.05, 0.1) is 23.0 Å². The maximum atomic E-state index is 12.6. The summed E-state index contributed by atoms with van der Waals surface area (Å²) < 4.78 is 6.41. The van der Waals surface area contributed by atoms with Crippen LogP contribution in [0, 0.1) is 12.8 Å². The topological polar surface area (TPSA) is 46.3 Å². The predicted molar refractivity (Wildman–Crippen MR) is 94.1 cm³/mol. The fourth-order valence-electron chi connectivity index (χ4n) is 2.31. The minimum absolute atomic E-state index is 0.0178. The van der Waals surface area contributed by atoms with Gasteiger partial charge in [-0.15, -0.1) is 0 Å². The second-order valence-corrected chi connectivity index (χ2v) is 7.09. The molecule has 0 spiro atoms. The zero-order valence-corrected chi connectivity index (χ0v) is 14.7. The molecule has 4 nitrogen and oxygen atoms in total. The third-order valence-electron chi connectivity index (χ3n) is 3.62. The molecule has 120 valence electrons. The monoisotopic (exact) mass is 348 g/mol. The first-order valence-electron chi connectivity index (χ1n) is 7.36. The summed E-state index contributed by atoms with van der Waals surface area (Å²) in [5, 5.41) is 1.35. The summed E-state index contributed by atoms with van der Waals surface area (Å²) in [5.74, 6) is 0.624. The van der Waals surface area contributed by atoms with Gasteiger partial charge >= 0.3 is 0 Å². The molecule has 0 radical (unpaired) electrons. The molecule has 3 aromatic rings. The van der Waals surface area contributed by atoms with Gasteiger partial charge in [-0.05, 0) is 36.8 Å². The number of hydrogen-bond donors (Lipinski definition) is 0. The van der Waals surface area contributed by atoms with E-state index in [-0.39, 0.29) is 11.8 Å². The van der Waals surface area contributed by atoms with Crippen molar-refractivity contribution >= 4 is 44.2 Å². The van der Waals surface area contributed by atoms with Crippen LogP contribution in [0.15, 0.2) is 34.9 Å². The minimum atomic E-state index is -0.123. The van der Waals surface area contributed by atoms with Gasteiger partial charge in [-0.3, -0.25) is 9.69 Å². The van der Waals surface area contributed by atoms with Crippen molar-refractivity contribution in [3.8, 4) is 0 Å². The summed E-state index contributed by atoms with van der Waals surface area (Å²) in [7, 11) is 0. The Bertz CT molecular complexity index is 840. The van der Waals surface area contributed by atoms with Gasteiger partial charge in [0.1, 0.15) is 5.76 Å². The van der Waals surface area contributed by atoms with Gasteiger partial charge in [-0.2, -0.15) is 0 Å². The van der Waals surface area contributed by atoms with E-state index in [9.17, 15) is 4.79 Å². The van der Waals surface area contributed by atoms with Crippen molar-refractivity contribution in [3.05, 3.63) is 46.9 Å². The first-order valence-corrected chi connectivity index (χ1v) is 8.56. The summed E-state index contributed by atoms with van der Waals surface area (Å²) in [5.41, 5.74) is 1.78. The number of aromatic nitrogens is 1. The van der Waals surface area contributed by atoms with E-state index in [1.54, 1.807) is 11.2 Å². The molecule has 0 aliphatic carbocycles. The van der Waals surface area contributed by atoms with Crippen LogP contribution >= 0.6 is 22.9 Å². The van der Waals surface area contributed by atoms with Gasteiger partial charge in [-0.1, -0.05) is 36.8 Å². The number of carbonyl (C=O) groups is 1. The van der Waals surface area contributed by atoms with Crippen LogP contribution in [0.3, 0.4) is 0 Å². The van der Waals surface area contributed by atoms with Gasteiger partial charge in [0.25, 0.3) is 0 Å². The van der Waals surface area contributed by atoms with Crippen molar-refractivity contribution < 1.29 is 9.21 Å². The number of amides is 1. The van der Waals surface area contributed by atoms with Crippen molar-refractivity contribution in [3.63, 3.8) is 0 Å². The maximum Gasteiger partial charge on any atom is 0.231 e. The number of thiazole rings is 1. The number of aryl methyl sites for hydroxylation is 1. The zero-order chi connectivity index (χ0) is 16.6. The molecule has 0 aliphatic rings. The Labute approximate surface area is 143 Å². The molecule has 0 bridgehead atoms. The molecule has 0 N–H and O–H groups in total. The molecule has 6 heteroatoms. The van der Waals surface area contributed by atoms with Crippen LogP contribution in [-0.4, -0.2) is 10.9 Å². The third-order valence-corrected chi connectivity index (χ3v) is 5.07. The van der Waals surface area contributed by atoms with Crippen molar-refractivity contribution in [1.82, 2.24) is 4.98 Å². The molecular weight excluding hydrogens is 332 g/mol. The molecule has 2 heterocycles. The largest absolute Gasteiger partial charge is 0.467 e. The van der Waals surface area contributed by atoms with Gasteiger partial charge in [0.15, 0.2) is 5.13 Å². The Kier molecular flexibility index (Phi) is 4.41. The van der Waals surface area contributed by atoms with Crippen LogP contribution in [0.1, 0.15) is 25.2 Å². The summed E-state index contributed by atoms with van der Waals surface area (Å²) in [4.78, 5) is 19.0. The first kappa shape index (κ1) is 16.0. The predicted octanol–water partition coefficient (Wildman–Crippen LogP) is 5.04. The number of fused-ring (bicyclic) bond motifs is 1. The normalized spacial score (nSPS) is 11.3. The third kappa shape index (κ3) is 3.12. The lowest BCUT2D eigenvalue weighted by Crippen LogP contribution is -2.33. The average molecular weight is 349 g/mol. The highest BCUT2D eigenvalue weighted by atomic mass is 35.5. The van der Waals surface area contributed by atoms with Crippen molar-refractivity contribution in [1.29, 1.82) is 0 Å². The summed E-state index contributed by atoms with van der Waals surface area (Å²) >= 11 is 7.66. The Morgan fingerprint density at radius 1 is 1.39 bits per heavy atom. The Balaban J connectivity index is 2.05. The summed E-state index contributed by atoms with van der Waals surface area (Å²) in [6.45, 7) is 6.08. The molecule has 0 fully saturated rings. The lowest BCUT2D eigenvalue weighted by Gasteiger charge is -2.20. The zero-order valence-electron chi connectivity index (χ0n) is 13.2. The highest BCUT2D eigenvalue weighted by Gasteiger charge is 2.24. The number of benzene rings is 1. The Morgan fingerprint density at radius 3 is 2.83 bits per heavy atom. The lowest BCUT2D eigenvalue weighted by atomic mass is 10.2. The van der Waals surface area contributed by atoms with E-state index in [2.05, 4.69) is 4.98 Å². The molecule has 1 amide bonds. The van der Waals surface area contributed by atoms with E-state index in [0.717, 1.165) is 21.5 Å². The van der Waals surface area contributed by atoms with Gasteiger partial charge < -0.3 is 4.42 Å². The lowest BCUT2D eigenvalue weighted by molar-refractivity contribution is -0.121. The average Bonchev–Trinajstić information content (AvgIpc) is 3.17. The molecule has 2 aromatic heterocycles. The molecule has 0 unspecified atom stereocenters. The molecule has 0 aliphatic heterocycles. The van der Waals surface area contributed by atoms with E-state index in [1.165, 1.54) is 11.3 Å². The molecule has 0 atom stereocenters. The second-order valence-electron chi connectivity index (χ2n) is 5.67. The van der Waals surface area contributed by atoms with Crippen LogP contribution < -0.4 is 4.90 Å². The number of carbonyl (C=O) groups excluding carboxylic acids is 1. The SMILES string of the molecule is Cc1c(Cl)ccc2sc(N(Cc3ccco3)C(=O)C(C)C)nc12. The highest BCUT2D eigenvalue weighted by molar-refractivity contribution is 7.22. The smallest absolute Gasteiger partial charge is 0.231 e. The Morgan fingerprint density at radius 2 is 2.17 bits per heavy atom. The van der Waals surface area contributed by atoms with E-state index in [0.29, 0.717) is 16.7 Å². The van der Waals surface area contributed by atoms with E-state index in [1.807, 2.05) is 45.0 Å². The van der Waals surface area contributed by atoms with Gasteiger partial charge in [-0.25, -0.2) is 4.98 Å². The number of furan rings is 1. The van der Waals surface area contributed by atoms with Gasteiger partial charge in [0.2, 0.25) is 5.91 Å². The van der Waals surface area contributed by atoms with Crippen LogP contribution in [0.4, 0.5) is 5.13 Å². The number of hydrogen-bond acceptors (Lipinski definition) is 4. The maximum absolute atomic E-state index is 12.6. The number of rotatable bonds is 4. The number of halogens is 1. The fraction of sp³-hybridized carbons (Fsp3) is 0.294. The van der Waals surface area contributed by atoms with Crippen LogP contribution in [-0.2, 0) is 11.3 Å². The first-order chi connectivity index (χ1) is 11.0. The van der Waals surface area contributed by atoms with E-state index in [4.69, 9.17) is 16.0 Å². The molecule has 0 saturated heterocycles. The van der Waals surface area contributed by atoms with Crippen LogP contribution in [0.25, 0.3) is 10.2 Å². The summed E-state index contributed by atoms with van der Waals surface area (Å²) in [6, 6.07) is 7.48. The quantitative estimate of drug-likeness (QED) is 0.663. The number of nitrogens with zero attached hydrogens (tertiary/aromatic N) is 2. The molecular formula is C17H17ClN2O2S. The standard InChI is InChI=1S/C17H17ClN2O2S/c1-10(2)16(21)20(9-12-5-4-8-22-12)17-19-15-11(3)13(18)6-7-14(15)23-17/h4-8,10H,9H2,1-3H3. The van der Waals surface area contributed by atoms with E-state index >= 15 is 0 Å². The number of anilines is 1. The van der Waals surface area contributed by atoms with Crippen LogP contribution in [0.5, 0.6) is 0 Å². The molecule has 3 rings (SSSR count). The second kappa shape index (κ2) is 6.34. The van der Waals surface area contributed by atoms with E-state index < -0.39 is 0 Å². The van der Waals surface area contributed by atoms with Crippen LogP contribution in [0.2, 0.25) is 5.02 Å². The molecule has 1 aromatic carbocycles. The minimum Gasteiger partial charge on any atom is -0.467 e. The van der Waals surface area contributed by atoms with Crippen molar-refractivity contribution in [2.24, 2.45) is 5.92 Å². The van der Waals surface area contributed by atoms with Gasteiger partial charge in [0, 0.05) is 10.9 Å². The highest BCUT2D eigenvalue weighted by Crippen LogP contribution is 2.34. The molecule has 23 heavy (non-hydrogen) atoms. The summed E-state index contributed by atoms with van der Waals surface area (Å²) in [6.07, 6.45) is 1.61. The fourth-order valence-corrected chi connectivity index (χ4v) is 3.50. The Hall–Kier alpha value is -1.85. The molecule has 0 saturated carbocycles.